The van der Waals surface area contributed by atoms with Crippen LogP contribution >= 0.6 is 39.3 Å². The number of carbonyl (C=O) groups is 2. The van der Waals surface area contributed by atoms with Crippen molar-refractivity contribution in [3.8, 4) is 6.07 Å². The fourth-order valence-corrected chi connectivity index (χ4v) is 5.29. The highest BCUT2D eigenvalue weighted by Crippen LogP contribution is 2.42. The van der Waals surface area contributed by atoms with Gasteiger partial charge in [-0.1, -0.05) is 69.1 Å². The Labute approximate surface area is 215 Å². The van der Waals surface area contributed by atoms with Crippen LogP contribution in [-0.2, 0) is 16.0 Å². The third-order valence-electron chi connectivity index (χ3n) is 5.20. The first kappa shape index (κ1) is 24.1. The summed E-state index contributed by atoms with van der Waals surface area (Å²) < 4.78 is 0.870. The van der Waals surface area contributed by atoms with Gasteiger partial charge in [0.2, 0.25) is 5.91 Å². The number of aryl methyl sites for hydroxylation is 1. The van der Waals surface area contributed by atoms with Crippen LogP contribution in [0.5, 0.6) is 0 Å². The lowest BCUT2D eigenvalue weighted by molar-refractivity contribution is -0.117. The van der Waals surface area contributed by atoms with Gasteiger partial charge in [-0.2, -0.15) is 5.26 Å². The topological polar surface area (TPSA) is 73.2 Å². The number of thioether (sulfide) groups is 1. The minimum atomic E-state index is -0.574. The number of amides is 2. The summed E-state index contributed by atoms with van der Waals surface area (Å²) in [5.74, 6) is -0.761. The van der Waals surface area contributed by atoms with E-state index in [9.17, 15) is 14.9 Å². The number of rotatable bonds is 5. The Hall–Kier alpha value is -3.05. The zero-order chi connectivity index (χ0) is 24.2. The molecule has 2 amide bonds. The van der Waals surface area contributed by atoms with E-state index in [2.05, 4.69) is 21.2 Å². The molecule has 1 aliphatic heterocycles. The molecule has 34 heavy (non-hydrogen) atoms. The summed E-state index contributed by atoms with van der Waals surface area (Å²) in [5, 5.41) is 13.0. The normalized spacial score (nSPS) is 16.8. The molecular weight excluding hydrogens is 534 g/mol. The predicted octanol–water partition coefficient (Wildman–Crippen LogP) is 6.48. The van der Waals surface area contributed by atoms with Crippen LogP contribution in [0.2, 0.25) is 5.02 Å². The van der Waals surface area contributed by atoms with Crippen molar-refractivity contribution in [3.63, 3.8) is 0 Å². The number of anilines is 2. The van der Waals surface area contributed by atoms with Crippen LogP contribution in [0.15, 0.2) is 87.9 Å². The SMILES string of the molecule is Cc1cccc(CC2SC(=C(C#N)C(=O)Nc3ccc(Br)cc3)N(c3ccc(Cl)cc3)C2=O)c1. The van der Waals surface area contributed by atoms with Crippen LogP contribution in [0.3, 0.4) is 0 Å². The highest BCUT2D eigenvalue weighted by atomic mass is 79.9. The molecule has 4 rings (SSSR count). The molecule has 1 aliphatic rings. The average Bonchev–Trinajstić information content (AvgIpc) is 3.12. The van der Waals surface area contributed by atoms with E-state index in [0.29, 0.717) is 27.8 Å². The van der Waals surface area contributed by atoms with Crippen molar-refractivity contribution < 1.29 is 9.59 Å². The second-order valence-corrected chi connectivity index (χ2v) is 10.2. The van der Waals surface area contributed by atoms with Gasteiger partial charge in [-0.15, -0.1) is 0 Å². The van der Waals surface area contributed by atoms with Crippen LogP contribution in [-0.4, -0.2) is 17.1 Å². The van der Waals surface area contributed by atoms with E-state index in [0.717, 1.165) is 15.6 Å². The van der Waals surface area contributed by atoms with Crippen molar-refractivity contribution >= 4 is 62.5 Å². The summed E-state index contributed by atoms with van der Waals surface area (Å²) in [6.07, 6.45) is 0.478. The zero-order valence-electron chi connectivity index (χ0n) is 18.1. The van der Waals surface area contributed by atoms with Crippen molar-refractivity contribution in [2.75, 3.05) is 10.2 Å². The van der Waals surface area contributed by atoms with Crippen LogP contribution in [0.25, 0.3) is 0 Å². The smallest absolute Gasteiger partial charge is 0.269 e. The largest absolute Gasteiger partial charge is 0.321 e. The second-order valence-electron chi connectivity index (χ2n) is 7.70. The molecule has 1 unspecified atom stereocenters. The molecule has 1 heterocycles. The monoisotopic (exact) mass is 551 g/mol. The standard InChI is InChI=1S/C26H19BrClN3O2S/c1-16-3-2-4-17(13-16)14-23-25(33)31(21-11-7-19(28)8-12-21)26(34-23)22(15-29)24(32)30-20-9-5-18(27)6-10-20/h2-13,23H,14H2,1H3,(H,30,32). The molecule has 0 aliphatic carbocycles. The summed E-state index contributed by atoms with van der Waals surface area (Å²) in [4.78, 5) is 28.1. The van der Waals surface area contributed by atoms with Crippen LogP contribution < -0.4 is 10.2 Å². The van der Waals surface area contributed by atoms with E-state index in [1.807, 2.05) is 37.3 Å². The van der Waals surface area contributed by atoms with E-state index in [1.165, 1.54) is 16.7 Å². The molecule has 8 heteroatoms. The molecule has 0 bridgehead atoms. The van der Waals surface area contributed by atoms with Crippen molar-refractivity contribution in [2.24, 2.45) is 0 Å². The van der Waals surface area contributed by atoms with Gasteiger partial charge in [0.1, 0.15) is 16.7 Å². The number of nitrogens with one attached hydrogen (secondary N) is 1. The molecule has 1 fully saturated rings. The first-order valence-electron chi connectivity index (χ1n) is 10.4. The lowest BCUT2D eigenvalue weighted by Crippen LogP contribution is -2.30. The fraction of sp³-hybridized carbons (Fsp3) is 0.115. The van der Waals surface area contributed by atoms with Gasteiger partial charge in [0, 0.05) is 20.9 Å². The van der Waals surface area contributed by atoms with Crippen LogP contribution in [0.4, 0.5) is 11.4 Å². The summed E-state index contributed by atoms with van der Waals surface area (Å²) in [6.45, 7) is 2.00. The molecule has 0 aromatic heterocycles. The maximum Gasteiger partial charge on any atom is 0.269 e. The Morgan fingerprint density at radius 3 is 2.50 bits per heavy atom. The minimum absolute atomic E-state index is 0.122. The molecule has 0 radical (unpaired) electrons. The van der Waals surface area contributed by atoms with Crippen LogP contribution in [0, 0.1) is 18.3 Å². The van der Waals surface area contributed by atoms with E-state index in [4.69, 9.17) is 11.6 Å². The lowest BCUT2D eigenvalue weighted by Gasteiger charge is -2.19. The maximum absolute atomic E-state index is 13.5. The van der Waals surface area contributed by atoms with Gasteiger partial charge in [-0.05, 0) is 67.4 Å². The molecule has 1 atom stereocenters. The first-order chi connectivity index (χ1) is 16.4. The van der Waals surface area contributed by atoms with E-state index >= 15 is 0 Å². The maximum atomic E-state index is 13.5. The van der Waals surface area contributed by atoms with Crippen molar-refractivity contribution in [1.82, 2.24) is 0 Å². The molecule has 0 spiro atoms. The number of nitriles is 1. The minimum Gasteiger partial charge on any atom is -0.321 e. The molecule has 0 saturated carbocycles. The van der Waals surface area contributed by atoms with Gasteiger partial charge < -0.3 is 5.32 Å². The Morgan fingerprint density at radius 2 is 1.85 bits per heavy atom. The molecule has 170 valence electrons. The number of carbonyl (C=O) groups excluding carboxylic acids is 2. The molecule has 3 aromatic carbocycles. The summed E-state index contributed by atoms with van der Waals surface area (Å²) >= 11 is 10.6. The first-order valence-corrected chi connectivity index (χ1v) is 12.4. The van der Waals surface area contributed by atoms with Gasteiger partial charge in [0.05, 0.1) is 5.25 Å². The highest BCUT2D eigenvalue weighted by molar-refractivity contribution is 9.10. The van der Waals surface area contributed by atoms with E-state index in [-0.39, 0.29) is 11.5 Å². The predicted molar refractivity (Wildman–Crippen MR) is 141 cm³/mol. The van der Waals surface area contributed by atoms with E-state index in [1.54, 1.807) is 48.5 Å². The van der Waals surface area contributed by atoms with E-state index < -0.39 is 11.2 Å². The highest BCUT2D eigenvalue weighted by Gasteiger charge is 2.40. The molecule has 1 N–H and O–H groups in total. The summed E-state index contributed by atoms with van der Waals surface area (Å²) in [5.41, 5.74) is 3.09. The average molecular weight is 553 g/mol. The number of nitrogens with zero attached hydrogens (tertiary/aromatic N) is 2. The van der Waals surface area contributed by atoms with Crippen LogP contribution in [0.1, 0.15) is 11.1 Å². The quantitative estimate of drug-likeness (QED) is 0.291. The number of halogens is 2. The Bertz CT molecular complexity index is 1320. The van der Waals surface area contributed by atoms with Crippen molar-refractivity contribution in [1.29, 1.82) is 5.26 Å². The molecular formula is C26H19BrClN3O2S. The van der Waals surface area contributed by atoms with Gasteiger partial charge in [-0.25, -0.2) is 0 Å². The number of hydrogen-bond donors (Lipinski definition) is 1. The zero-order valence-corrected chi connectivity index (χ0v) is 21.2. The second kappa shape index (κ2) is 10.5. The Balaban J connectivity index is 1.72. The number of benzene rings is 3. The fourth-order valence-electron chi connectivity index (χ4n) is 3.59. The molecule has 5 nitrogen and oxygen atoms in total. The van der Waals surface area contributed by atoms with Gasteiger partial charge in [-0.3, -0.25) is 14.5 Å². The number of hydrogen-bond acceptors (Lipinski definition) is 4. The Morgan fingerprint density at radius 1 is 1.15 bits per heavy atom. The van der Waals surface area contributed by atoms with Crippen molar-refractivity contribution in [2.45, 2.75) is 18.6 Å². The van der Waals surface area contributed by atoms with Gasteiger partial charge >= 0.3 is 0 Å². The third-order valence-corrected chi connectivity index (χ3v) is 7.24. The van der Waals surface area contributed by atoms with Crippen molar-refractivity contribution in [3.05, 3.63) is 104 Å². The summed E-state index contributed by atoms with van der Waals surface area (Å²) in [6, 6.07) is 23.8. The van der Waals surface area contributed by atoms with Gasteiger partial charge in [0.25, 0.3) is 5.91 Å². The summed E-state index contributed by atoms with van der Waals surface area (Å²) in [7, 11) is 0. The molecule has 1 saturated heterocycles. The lowest BCUT2D eigenvalue weighted by atomic mass is 10.1. The Kier molecular flexibility index (Phi) is 7.42. The molecule has 3 aromatic rings. The van der Waals surface area contributed by atoms with Gasteiger partial charge in [0.15, 0.2) is 0 Å². The third kappa shape index (κ3) is 5.36.